The second-order valence-corrected chi connectivity index (χ2v) is 18.5. The topological polar surface area (TPSA) is 134 Å². The van der Waals surface area contributed by atoms with Gasteiger partial charge in [0.05, 0.1) is 13.2 Å². The first-order valence-corrected chi connectivity index (χ1v) is 27.4. The summed E-state index contributed by atoms with van der Waals surface area (Å²) in [5, 5.41) is 0. The number of allylic oxidation sites excluding steroid dienone is 12. The van der Waals surface area contributed by atoms with Crippen molar-refractivity contribution in [1.82, 2.24) is 0 Å². The molecule has 0 aliphatic carbocycles. The molecule has 0 heterocycles. The lowest BCUT2D eigenvalue weighted by atomic mass is 10.0. The van der Waals surface area contributed by atoms with Crippen LogP contribution in [0.25, 0.3) is 0 Å². The molecule has 3 N–H and O–H groups in total. The van der Waals surface area contributed by atoms with E-state index in [1.165, 1.54) is 96.3 Å². The molecule has 9 nitrogen and oxygen atoms in total. The molecule has 0 bridgehead atoms. The summed E-state index contributed by atoms with van der Waals surface area (Å²) in [5.41, 5.74) is 5.37. The van der Waals surface area contributed by atoms with Gasteiger partial charge in [0.2, 0.25) is 0 Å². The summed E-state index contributed by atoms with van der Waals surface area (Å²) in [6.07, 6.45) is 62.2. The van der Waals surface area contributed by atoms with E-state index in [-0.39, 0.29) is 38.6 Å². The monoisotopic (exact) mass is 918 g/mol. The molecule has 64 heavy (non-hydrogen) atoms. The fraction of sp³-hybridized carbons (Fsp3) is 0.741. The quantitative estimate of drug-likeness (QED) is 0.0265. The maximum Gasteiger partial charge on any atom is 0.472 e. The van der Waals surface area contributed by atoms with Crippen molar-refractivity contribution in [2.45, 2.75) is 232 Å². The molecule has 10 heteroatoms. The number of nitrogens with two attached hydrogens (primary N) is 1. The summed E-state index contributed by atoms with van der Waals surface area (Å²) in [6, 6.07) is 0. The van der Waals surface area contributed by atoms with E-state index < -0.39 is 26.5 Å². The molecule has 370 valence electrons. The summed E-state index contributed by atoms with van der Waals surface area (Å²) in [7, 11) is -4.39. The third-order valence-electron chi connectivity index (χ3n) is 10.9. The number of carbonyl (C=O) groups is 2. The van der Waals surface area contributed by atoms with Crippen LogP contribution in [-0.4, -0.2) is 49.3 Å². The Morgan fingerprint density at radius 2 is 0.859 bits per heavy atom. The fourth-order valence-corrected chi connectivity index (χ4v) is 7.82. The van der Waals surface area contributed by atoms with Crippen LogP contribution in [0.2, 0.25) is 0 Å². The summed E-state index contributed by atoms with van der Waals surface area (Å²) < 4.78 is 32.9. The van der Waals surface area contributed by atoms with Gasteiger partial charge in [0, 0.05) is 19.4 Å². The minimum Gasteiger partial charge on any atom is -0.462 e. The average molecular weight is 918 g/mol. The molecule has 0 rings (SSSR count). The van der Waals surface area contributed by atoms with E-state index >= 15 is 0 Å². The molecule has 0 aromatic carbocycles. The minimum absolute atomic E-state index is 0.0485. The molecule has 2 unspecified atom stereocenters. The first kappa shape index (κ1) is 61.5. The molecule has 0 aliphatic rings. The molecule has 0 aromatic heterocycles. The van der Waals surface area contributed by atoms with Gasteiger partial charge >= 0.3 is 19.8 Å². The zero-order valence-corrected chi connectivity index (χ0v) is 41.9. The Labute approximate surface area is 392 Å². The van der Waals surface area contributed by atoms with Crippen LogP contribution in [0.1, 0.15) is 226 Å². The van der Waals surface area contributed by atoms with Crippen LogP contribution in [0, 0.1) is 0 Å². The summed E-state index contributed by atoms with van der Waals surface area (Å²) in [6.45, 7) is 3.62. The van der Waals surface area contributed by atoms with Crippen LogP contribution in [0.4, 0.5) is 0 Å². The highest BCUT2D eigenvalue weighted by Crippen LogP contribution is 2.43. The van der Waals surface area contributed by atoms with E-state index in [1.807, 2.05) is 0 Å². The van der Waals surface area contributed by atoms with Crippen molar-refractivity contribution in [2.75, 3.05) is 26.4 Å². The number of hydrogen-bond donors (Lipinski definition) is 2. The molecule has 2 atom stereocenters. The fourth-order valence-electron chi connectivity index (χ4n) is 7.05. The third kappa shape index (κ3) is 48.9. The van der Waals surface area contributed by atoms with Gasteiger partial charge in [-0.2, -0.15) is 0 Å². The predicted molar refractivity (Wildman–Crippen MR) is 270 cm³/mol. The van der Waals surface area contributed by atoms with Gasteiger partial charge in [-0.1, -0.05) is 222 Å². The second kappa shape index (κ2) is 49.9. The zero-order valence-electron chi connectivity index (χ0n) is 41.0. The predicted octanol–water partition coefficient (Wildman–Crippen LogP) is 15.8. The first-order valence-electron chi connectivity index (χ1n) is 25.9. The van der Waals surface area contributed by atoms with Gasteiger partial charge in [0.1, 0.15) is 6.61 Å². The summed E-state index contributed by atoms with van der Waals surface area (Å²) in [4.78, 5) is 35.1. The normalized spacial score (nSPS) is 13.8. The van der Waals surface area contributed by atoms with Crippen molar-refractivity contribution in [2.24, 2.45) is 5.73 Å². The summed E-state index contributed by atoms with van der Waals surface area (Å²) in [5.74, 6) is -0.841. The molecule has 0 spiro atoms. The van der Waals surface area contributed by atoms with Gasteiger partial charge in [0.25, 0.3) is 0 Å². The van der Waals surface area contributed by atoms with Gasteiger partial charge in [0.15, 0.2) is 6.10 Å². The van der Waals surface area contributed by atoms with E-state index in [2.05, 4.69) is 86.8 Å². The van der Waals surface area contributed by atoms with Crippen LogP contribution in [0.3, 0.4) is 0 Å². The summed E-state index contributed by atoms with van der Waals surface area (Å²) >= 11 is 0. The number of phosphoric ester groups is 1. The van der Waals surface area contributed by atoms with Crippen molar-refractivity contribution in [3.05, 3.63) is 72.9 Å². The Bertz CT molecular complexity index is 1280. The van der Waals surface area contributed by atoms with E-state index in [9.17, 15) is 19.0 Å². The Kier molecular flexibility index (Phi) is 47.9. The highest BCUT2D eigenvalue weighted by molar-refractivity contribution is 7.47. The molecule has 0 saturated heterocycles. The average Bonchev–Trinajstić information content (AvgIpc) is 3.28. The Morgan fingerprint density at radius 1 is 0.484 bits per heavy atom. The van der Waals surface area contributed by atoms with Gasteiger partial charge in [-0.15, -0.1) is 0 Å². The van der Waals surface area contributed by atoms with Crippen molar-refractivity contribution in [3.63, 3.8) is 0 Å². The van der Waals surface area contributed by atoms with Crippen LogP contribution in [0.15, 0.2) is 72.9 Å². The maximum atomic E-state index is 12.7. The van der Waals surface area contributed by atoms with Crippen LogP contribution in [0.5, 0.6) is 0 Å². The second-order valence-electron chi connectivity index (χ2n) is 17.0. The number of unbranched alkanes of at least 4 members (excludes halogenated alkanes) is 23. The minimum atomic E-state index is -4.39. The van der Waals surface area contributed by atoms with E-state index in [1.54, 1.807) is 0 Å². The third-order valence-corrected chi connectivity index (χ3v) is 11.8. The number of rotatable bonds is 48. The van der Waals surface area contributed by atoms with Crippen LogP contribution in [-0.2, 0) is 32.7 Å². The molecule has 0 aliphatic heterocycles. The highest BCUT2D eigenvalue weighted by Gasteiger charge is 2.26. The lowest BCUT2D eigenvalue weighted by molar-refractivity contribution is -0.161. The molecule has 0 saturated carbocycles. The van der Waals surface area contributed by atoms with Crippen molar-refractivity contribution >= 4 is 19.8 Å². The van der Waals surface area contributed by atoms with Crippen molar-refractivity contribution < 1.29 is 37.6 Å². The van der Waals surface area contributed by atoms with E-state index in [0.29, 0.717) is 6.42 Å². The standard InChI is InChI=1S/C54H96NO8P/c1-3-5-7-9-11-13-15-17-19-21-23-24-25-26-27-28-29-31-33-35-37-39-41-43-45-47-54(57)63-52(51-62-64(58,59)61-49-48-55)50-60-53(56)46-44-42-40-38-36-34-32-30-22-20-18-16-14-12-10-8-6-4-2/h5,7,11,13,17,19,23-24,26-27,29,31,52H,3-4,6,8-10,12,14-16,18,20-22,25,28,30,32-51,55H2,1-2H3,(H,58,59)/b7-5-,13-11-,19-17-,24-23-,27-26-,31-29-. The van der Waals surface area contributed by atoms with Gasteiger partial charge in [-0.3, -0.25) is 18.6 Å². The number of carbonyl (C=O) groups excluding carboxylic acids is 2. The largest absolute Gasteiger partial charge is 0.472 e. The molecular weight excluding hydrogens is 822 g/mol. The van der Waals surface area contributed by atoms with Crippen molar-refractivity contribution in [3.8, 4) is 0 Å². The van der Waals surface area contributed by atoms with Crippen LogP contribution < -0.4 is 5.73 Å². The molecule has 0 radical (unpaired) electrons. The first-order chi connectivity index (χ1) is 31.3. The van der Waals surface area contributed by atoms with Gasteiger partial charge in [-0.25, -0.2) is 4.57 Å². The molecule has 0 amide bonds. The van der Waals surface area contributed by atoms with Crippen molar-refractivity contribution in [1.29, 1.82) is 0 Å². The molecular formula is C54H96NO8P. The Balaban J connectivity index is 4.09. The number of phosphoric acid groups is 1. The van der Waals surface area contributed by atoms with E-state index in [0.717, 1.165) is 96.3 Å². The van der Waals surface area contributed by atoms with Gasteiger partial charge in [-0.05, 0) is 64.2 Å². The van der Waals surface area contributed by atoms with Gasteiger partial charge < -0.3 is 20.1 Å². The van der Waals surface area contributed by atoms with E-state index in [4.69, 9.17) is 24.3 Å². The Morgan fingerprint density at radius 3 is 1.28 bits per heavy atom. The number of esters is 2. The smallest absolute Gasteiger partial charge is 0.462 e. The molecule has 0 fully saturated rings. The number of hydrogen-bond acceptors (Lipinski definition) is 8. The number of ether oxygens (including phenoxy) is 2. The molecule has 0 aromatic rings. The highest BCUT2D eigenvalue weighted by atomic mass is 31.2. The van der Waals surface area contributed by atoms with Crippen LogP contribution >= 0.6 is 7.82 Å². The maximum absolute atomic E-state index is 12.7. The SMILES string of the molecule is CC/C=C\C/C=C\C/C=C\C/C=C\C/C=C\C/C=C\CCCCCCCCC(=O)OC(COC(=O)CCCCCCCCCCCCCCCCCCCC)COP(=O)(O)OCCN. The lowest BCUT2D eigenvalue weighted by Gasteiger charge is -2.19. The lowest BCUT2D eigenvalue weighted by Crippen LogP contribution is -2.29. The zero-order chi connectivity index (χ0) is 46.7. The Hall–Kier alpha value is -2.55.